The molecule has 4 nitrogen and oxygen atoms in total. The first-order chi connectivity index (χ1) is 8.54. The van der Waals surface area contributed by atoms with E-state index in [4.69, 9.17) is 5.11 Å². The zero-order valence-corrected chi connectivity index (χ0v) is 11.2. The standard InChI is InChI=1S/C13H16O4S/c1-9(12(14)15)7-18-8-10-3-5-11(6-4-10)13(16)17-2/h3-6,9H,7-8H2,1-2H3,(H,14,15). The average molecular weight is 268 g/mol. The molecule has 0 aliphatic carbocycles. The number of carboxylic acids is 1. The Labute approximate surface area is 110 Å². The van der Waals surface area contributed by atoms with Crippen LogP contribution < -0.4 is 0 Å². The molecule has 1 N–H and O–H groups in total. The second-order valence-electron chi connectivity index (χ2n) is 3.94. The summed E-state index contributed by atoms with van der Waals surface area (Å²) in [4.78, 5) is 21.8. The van der Waals surface area contributed by atoms with E-state index in [1.807, 2.05) is 12.1 Å². The minimum atomic E-state index is -0.775. The van der Waals surface area contributed by atoms with E-state index in [0.717, 1.165) is 11.3 Å². The second-order valence-corrected chi connectivity index (χ2v) is 4.97. The molecule has 0 aliphatic rings. The van der Waals surface area contributed by atoms with Gasteiger partial charge >= 0.3 is 11.9 Å². The minimum absolute atomic E-state index is 0.343. The molecule has 98 valence electrons. The number of benzene rings is 1. The zero-order valence-electron chi connectivity index (χ0n) is 10.4. The fourth-order valence-corrected chi connectivity index (χ4v) is 2.32. The molecule has 0 saturated heterocycles. The Bertz CT molecular complexity index is 414. The lowest BCUT2D eigenvalue weighted by Crippen LogP contribution is -2.11. The van der Waals surface area contributed by atoms with Gasteiger partial charge in [0, 0.05) is 11.5 Å². The number of carboxylic acid groups (broad SMARTS) is 1. The number of rotatable bonds is 6. The topological polar surface area (TPSA) is 63.6 Å². The van der Waals surface area contributed by atoms with Crippen LogP contribution in [0.3, 0.4) is 0 Å². The van der Waals surface area contributed by atoms with Gasteiger partial charge in [0.05, 0.1) is 18.6 Å². The van der Waals surface area contributed by atoms with Gasteiger partial charge in [-0.05, 0) is 17.7 Å². The summed E-state index contributed by atoms with van der Waals surface area (Å²) in [5, 5.41) is 8.74. The maximum absolute atomic E-state index is 11.2. The molecule has 0 spiro atoms. The largest absolute Gasteiger partial charge is 0.481 e. The van der Waals surface area contributed by atoms with Crippen molar-refractivity contribution in [3.05, 3.63) is 35.4 Å². The van der Waals surface area contributed by atoms with Gasteiger partial charge in [0.25, 0.3) is 0 Å². The van der Waals surface area contributed by atoms with Gasteiger partial charge in [0.15, 0.2) is 0 Å². The van der Waals surface area contributed by atoms with Crippen molar-refractivity contribution in [1.29, 1.82) is 0 Å². The Morgan fingerprint density at radius 1 is 1.33 bits per heavy atom. The molecule has 0 aliphatic heterocycles. The number of esters is 1. The summed E-state index contributed by atoms with van der Waals surface area (Å²) < 4.78 is 4.61. The van der Waals surface area contributed by atoms with Gasteiger partial charge in [-0.1, -0.05) is 19.1 Å². The van der Waals surface area contributed by atoms with E-state index in [9.17, 15) is 9.59 Å². The molecule has 1 unspecified atom stereocenters. The number of ether oxygens (including phenoxy) is 1. The summed E-state index contributed by atoms with van der Waals surface area (Å²) in [7, 11) is 1.35. The van der Waals surface area contributed by atoms with Gasteiger partial charge in [-0.3, -0.25) is 4.79 Å². The lowest BCUT2D eigenvalue weighted by Gasteiger charge is -2.06. The molecule has 0 amide bonds. The summed E-state index contributed by atoms with van der Waals surface area (Å²) in [6, 6.07) is 7.13. The van der Waals surface area contributed by atoms with E-state index in [0.29, 0.717) is 11.3 Å². The molecule has 1 rings (SSSR count). The number of hydrogen-bond donors (Lipinski definition) is 1. The number of thioether (sulfide) groups is 1. The van der Waals surface area contributed by atoms with Crippen LogP contribution in [0, 0.1) is 5.92 Å². The quantitative estimate of drug-likeness (QED) is 0.803. The summed E-state index contributed by atoms with van der Waals surface area (Å²) in [6.07, 6.45) is 0. The highest BCUT2D eigenvalue weighted by Crippen LogP contribution is 2.16. The second kappa shape index (κ2) is 7.06. The van der Waals surface area contributed by atoms with Crippen LogP contribution >= 0.6 is 11.8 Å². The SMILES string of the molecule is COC(=O)c1ccc(CSCC(C)C(=O)O)cc1. The third kappa shape index (κ3) is 4.41. The molecular formula is C13H16O4S. The van der Waals surface area contributed by atoms with Crippen molar-refractivity contribution in [3.8, 4) is 0 Å². The van der Waals surface area contributed by atoms with E-state index >= 15 is 0 Å². The van der Waals surface area contributed by atoms with Crippen LogP contribution in [0.4, 0.5) is 0 Å². The van der Waals surface area contributed by atoms with Crippen LogP contribution in [0.25, 0.3) is 0 Å². The van der Waals surface area contributed by atoms with Gasteiger partial charge in [-0.15, -0.1) is 0 Å². The van der Waals surface area contributed by atoms with Crippen molar-refractivity contribution in [3.63, 3.8) is 0 Å². The fourth-order valence-electron chi connectivity index (χ4n) is 1.28. The van der Waals surface area contributed by atoms with Crippen molar-refractivity contribution < 1.29 is 19.4 Å². The Morgan fingerprint density at radius 3 is 2.44 bits per heavy atom. The third-order valence-corrected chi connectivity index (χ3v) is 3.71. The summed E-state index contributed by atoms with van der Waals surface area (Å²) in [5.41, 5.74) is 1.58. The maximum atomic E-state index is 11.2. The van der Waals surface area contributed by atoms with Crippen LogP contribution in [-0.4, -0.2) is 29.9 Å². The number of hydrogen-bond acceptors (Lipinski definition) is 4. The molecule has 18 heavy (non-hydrogen) atoms. The van der Waals surface area contributed by atoms with Gasteiger partial charge in [0.1, 0.15) is 0 Å². The summed E-state index contributed by atoms with van der Waals surface area (Å²) >= 11 is 1.57. The van der Waals surface area contributed by atoms with Crippen LogP contribution in [0.1, 0.15) is 22.8 Å². The van der Waals surface area contributed by atoms with E-state index in [2.05, 4.69) is 4.74 Å². The lowest BCUT2D eigenvalue weighted by molar-refractivity contribution is -0.140. The van der Waals surface area contributed by atoms with Gasteiger partial charge in [-0.25, -0.2) is 4.79 Å². The average Bonchev–Trinajstić information content (AvgIpc) is 2.38. The highest BCUT2D eigenvalue weighted by Gasteiger charge is 2.10. The predicted octanol–water partition coefficient (Wildman–Crippen LogP) is 2.43. The molecule has 0 fully saturated rings. The van der Waals surface area contributed by atoms with Gasteiger partial charge in [0.2, 0.25) is 0 Å². The van der Waals surface area contributed by atoms with Crippen LogP contribution in [-0.2, 0) is 15.3 Å². The Morgan fingerprint density at radius 2 is 1.94 bits per heavy atom. The molecule has 0 bridgehead atoms. The lowest BCUT2D eigenvalue weighted by atomic mass is 10.1. The Kier molecular flexibility index (Phi) is 5.71. The zero-order chi connectivity index (χ0) is 13.5. The molecule has 1 atom stereocenters. The monoisotopic (exact) mass is 268 g/mol. The van der Waals surface area contributed by atoms with Crippen LogP contribution in [0.5, 0.6) is 0 Å². The summed E-state index contributed by atoms with van der Waals surface area (Å²) in [6.45, 7) is 1.69. The van der Waals surface area contributed by atoms with E-state index in [1.54, 1.807) is 30.8 Å². The van der Waals surface area contributed by atoms with Crippen molar-refractivity contribution in [2.45, 2.75) is 12.7 Å². The first-order valence-corrected chi connectivity index (χ1v) is 6.68. The number of aliphatic carboxylic acids is 1. The molecule has 1 aromatic rings. The highest BCUT2D eigenvalue weighted by molar-refractivity contribution is 7.98. The van der Waals surface area contributed by atoms with Crippen molar-refractivity contribution >= 4 is 23.7 Å². The van der Waals surface area contributed by atoms with E-state index < -0.39 is 5.97 Å². The molecule has 0 radical (unpaired) electrons. The Hall–Kier alpha value is -1.49. The van der Waals surface area contributed by atoms with Gasteiger partial charge in [-0.2, -0.15) is 11.8 Å². The van der Waals surface area contributed by atoms with Gasteiger partial charge < -0.3 is 9.84 Å². The normalized spacial score (nSPS) is 11.9. The van der Waals surface area contributed by atoms with E-state index in [-0.39, 0.29) is 11.9 Å². The number of carbonyl (C=O) groups is 2. The number of carbonyl (C=O) groups excluding carboxylic acids is 1. The van der Waals surface area contributed by atoms with Crippen molar-refractivity contribution in [1.82, 2.24) is 0 Å². The van der Waals surface area contributed by atoms with Crippen LogP contribution in [0.15, 0.2) is 24.3 Å². The van der Waals surface area contributed by atoms with E-state index in [1.165, 1.54) is 7.11 Å². The smallest absolute Gasteiger partial charge is 0.337 e. The highest BCUT2D eigenvalue weighted by atomic mass is 32.2. The fraction of sp³-hybridized carbons (Fsp3) is 0.385. The van der Waals surface area contributed by atoms with Crippen molar-refractivity contribution in [2.75, 3.05) is 12.9 Å². The molecule has 5 heteroatoms. The maximum Gasteiger partial charge on any atom is 0.337 e. The number of methoxy groups -OCH3 is 1. The molecule has 0 saturated carbocycles. The van der Waals surface area contributed by atoms with Crippen LogP contribution in [0.2, 0.25) is 0 Å². The predicted molar refractivity (Wildman–Crippen MR) is 70.7 cm³/mol. The Balaban J connectivity index is 2.44. The molecular weight excluding hydrogens is 252 g/mol. The third-order valence-electron chi connectivity index (χ3n) is 2.43. The molecule has 0 aromatic heterocycles. The first kappa shape index (κ1) is 14.6. The first-order valence-electron chi connectivity index (χ1n) is 5.52. The molecule has 1 aromatic carbocycles. The molecule has 0 heterocycles. The van der Waals surface area contributed by atoms with Crippen molar-refractivity contribution in [2.24, 2.45) is 5.92 Å². The minimum Gasteiger partial charge on any atom is -0.481 e. The summed E-state index contributed by atoms with van der Waals surface area (Å²) in [5.74, 6) is -0.158.